The number of guanidine groups is 3. The molecule has 698 valence electrons. The van der Waals surface area contributed by atoms with Gasteiger partial charge in [0.2, 0.25) is 65.0 Å². The Morgan fingerprint density at radius 1 is 0.349 bits per heavy atom. The van der Waals surface area contributed by atoms with Gasteiger partial charge in [0.15, 0.2) is 17.9 Å². The summed E-state index contributed by atoms with van der Waals surface area (Å²) in [5.74, 6) is -13.3. The molecule has 4 aromatic heterocycles. The molecule has 8 aromatic rings. The van der Waals surface area contributed by atoms with Crippen molar-refractivity contribution in [3.63, 3.8) is 0 Å². The first kappa shape index (κ1) is 101. The number of carbonyl (C=O) groups is 12. The smallest absolute Gasteiger partial charge is 0.326 e. The van der Waals surface area contributed by atoms with Crippen molar-refractivity contribution < 1.29 is 62.6 Å². The quantitative estimate of drug-likeness (QED) is 0.0147. The Hall–Kier alpha value is -13.6. The molecule has 0 bridgehead atoms. The van der Waals surface area contributed by atoms with Gasteiger partial charge in [-0.25, -0.2) is 4.79 Å². The molecule has 0 aliphatic heterocycles. The van der Waals surface area contributed by atoms with Gasteiger partial charge in [-0.3, -0.25) is 69.0 Å². The number of aromatic nitrogens is 4. The van der Waals surface area contributed by atoms with E-state index in [1.54, 1.807) is 94.9 Å². The SMILES string of the molecule is CC[C@H](C)[C@H](N)C(=O)N[C@@H](CC(C)C)C(=O)N[C@@H](CCCNC(=N)N)C(=O)N[C@@H](Cc1c[nH]c2ccccc12)C(=O)N[C@H](C(=O)N[C@@H](Cc1c[nH]c2ccccc12)C(=O)N[C@@H](Cc1c[nH]c2ccccc12)C(=O)N[C@H](C(=O)N[C@@H](Cc1c[nH]c2ccccc12)C(=O)N[C@@H](CCCNC(=N)N)C(=O)N[C@@H](CCCNC(=N)N)C(=O)N[C@@H](CCCCN)C(=O)O)C(C)C)C(C)C. The Balaban J connectivity index is 1.11. The van der Waals surface area contributed by atoms with Crippen molar-refractivity contribution in [1.82, 2.24) is 94.4 Å². The first-order valence-corrected chi connectivity index (χ1v) is 44.0. The number of rotatable bonds is 53. The lowest BCUT2D eigenvalue weighted by Gasteiger charge is -2.30. The Labute approximate surface area is 749 Å². The zero-order valence-electron chi connectivity index (χ0n) is 74.5. The average Bonchev–Trinajstić information content (AvgIpc) is 1.73. The van der Waals surface area contributed by atoms with E-state index in [9.17, 15) is 29.1 Å². The second kappa shape index (κ2) is 49.5. The summed E-state index contributed by atoms with van der Waals surface area (Å²) in [7, 11) is 0. The van der Waals surface area contributed by atoms with Crippen molar-refractivity contribution in [2.24, 2.45) is 52.3 Å². The van der Waals surface area contributed by atoms with Gasteiger partial charge >= 0.3 is 5.97 Å². The molecule has 39 heteroatoms. The van der Waals surface area contributed by atoms with Gasteiger partial charge in [0.05, 0.1) is 6.04 Å². The Bertz CT molecular complexity index is 5120. The fourth-order valence-electron chi connectivity index (χ4n) is 15.3. The molecule has 0 fully saturated rings. The number of benzene rings is 4. The molecule has 13 atom stereocenters. The minimum atomic E-state index is -1.56. The molecule has 4 heterocycles. The normalized spacial score (nSPS) is 14.5. The van der Waals surface area contributed by atoms with Gasteiger partial charge in [-0.15, -0.1) is 0 Å². The minimum absolute atomic E-state index is 0.0194. The van der Waals surface area contributed by atoms with E-state index >= 15 is 33.6 Å². The van der Waals surface area contributed by atoms with E-state index in [0.717, 1.165) is 0 Å². The largest absolute Gasteiger partial charge is 0.480 e. The number of hydrogen-bond acceptors (Lipinski definition) is 17. The fourth-order valence-corrected chi connectivity index (χ4v) is 15.3. The molecule has 0 spiro atoms. The molecular formula is C90H130N26O13. The Kier molecular flexibility index (Phi) is 38.7. The lowest BCUT2D eigenvalue weighted by atomic mass is 9.97. The second-order valence-electron chi connectivity index (χ2n) is 33.9. The lowest BCUT2D eigenvalue weighted by Crippen LogP contribution is -2.62. The van der Waals surface area contributed by atoms with Crippen LogP contribution >= 0.6 is 0 Å². The summed E-state index contributed by atoms with van der Waals surface area (Å²) >= 11 is 0. The molecule has 39 nitrogen and oxygen atoms in total. The number of nitrogens with one attached hydrogen (secondary N) is 21. The van der Waals surface area contributed by atoms with Gasteiger partial charge in [-0.05, 0) is 141 Å². The molecule has 0 radical (unpaired) electrons. The predicted octanol–water partition coefficient (Wildman–Crippen LogP) is 1.95. The third kappa shape index (κ3) is 30.3. The molecule has 11 amide bonds. The number of aliphatic carboxylic acids is 1. The van der Waals surface area contributed by atoms with Gasteiger partial charge < -0.3 is 128 Å². The monoisotopic (exact) mass is 1780 g/mol. The number of carboxylic acid groups (broad SMARTS) is 1. The summed E-state index contributed by atoms with van der Waals surface area (Å²) in [6.45, 7) is 14.6. The number of carboxylic acids is 1. The molecule has 4 aromatic carbocycles. The summed E-state index contributed by atoms with van der Waals surface area (Å²) in [5, 5.41) is 75.1. The maximum Gasteiger partial charge on any atom is 0.326 e. The van der Waals surface area contributed by atoms with E-state index in [0.29, 0.717) is 85.1 Å². The van der Waals surface area contributed by atoms with Crippen LogP contribution in [0.4, 0.5) is 0 Å². The lowest BCUT2D eigenvalue weighted by molar-refractivity contribution is -0.142. The van der Waals surface area contributed by atoms with E-state index in [4.69, 9.17) is 44.9 Å². The third-order valence-electron chi connectivity index (χ3n) is 22.7. The molecule has 0 aliphatic rings. The number of fused-ring (bicyclic) bond motifs is 4. The van der Waals surface area contributed by atoms with Gasteiger partial charge in [0, 0.05) is 114 Å². The van der Waals surface area contributed by atoms with Crippen LogP contribution in [0.2, 0.25) is 0 Å². The first-order chi connectivity index (χ1) is 61.5. The van der Waals surface area contributed by atoms with Crippen molar-refractivity contribution in [1.29, 1.82) is 16.2 Å². The van der Waals surface area contributed by atoms with Crippen molar-refractivity contribution in [2.75, 3.05) is 26.2 Å². The highest BCUT2D eigenvalue weighted by Crippen LogP contribution is 2.26. The fraction of sp³-hybridized carbons (Fsp3) is 0.478. The van der Waals surface area contributed by atoms with Gasteiger partial charge in [-0.2, -0.15) is 0 Å². The van der Waals surface area contributed by atoms with E-state index < -0.39 is 155 Å². The highest BCUT2D eigenvalue weighted by Gasteiger charge is 2.40. The summed E-state index contributed by atoms with van der Waals surface area (Å²) < 4.78 is 0. The van der Waals surface area contributed by atoms with Gasteiger partial charge in [-0.1, -0.05) is 135 Å². The van der Waals surface area contributed by atoms with Crippen LogP contribution in [0.1, 0.15) is 148 Å². The molecule has 0 saturated carbocycles. The van der Waals surface area contributed by atoms with Crippen LogP contribution in [0.5, 0.6) is 0 Å². The maximum atomic E-state index is 15.8. The van der Waals surface area contributed by atoms with Crippen molar-refractivity contribution in [2.45, 2.75) is 224 Å². The van der Waals surface area contributed by atoms with Crippen LogP contribution in [0, 0.1) is 39.9 Å². The maximum absolute atomic E-state index is 15.8. The zero-order valence-corrected chi connectivity index (χ0v) is 74.5. The summed E-state index contributed by atoms with van der Waals surface area (Å²) in [4.78, 5) is 191. The number of nitrogens with two attached hydrogens (primary N) is 5. The van der Waals surface area contributed by atoms with Crippen molar-refractivity contribution >= 4 is 132 Å². The topological polar surface area (TPSA) is 658 Å². The summed E-state index contributed by atoms with van der Waals surface area (Å²) in [6.07, 6.45) is 7.59. The Morgan fingerprint density at radius 2 is 0.612 bits per heavy atom. The van der Waals surface area contributed by atoms with Crippen LogP contribution in [0.15, 0.2) is 122 Å². The highest BCUT2D eigenvalue weighted by atomic mass is 16.4. The molecule has 0 aliphatic carbocycles. The molecule has 129 heavy (non-hydrogen) atoms. The van der Waals surface area contributed by atoms with Crippen LogP contribution in [-0.4, -0.2) is 213 Å². The van der Waals surface area contributed by atoms with E-state index in [-0.39, 0.29) is 133 Å². The highest BCUT2D eigenvalue weighted by molar-refractivity contribution is 6.01. The zero-order chi connectivity index (χ0) is 94.1. The first-order valence-electron chi connectivity index (χ1n) is 44.0. The van der Waals surface area contributed by atoms with Crippen molar-refractivity contribution in [3.8, 4) is 0 Å². The number of aromatic amines is 4. The van der Waals surface area contributed by atoms with Crippen LogP contribution in [0.25, 0.3) is 43.6 Å². The van der Waals surface area contributed by atoms with E-state index in [1.165, 1.54) is 0 Å². The number of hydrogen-bond donors (Lipinski definition) is 27. The molecule has 0 saturated heterocycles. The average molecular weight is 1780 g/mol. The van der Waals surface area contributed by atoms with E-state index in [2.05, 4.69) is 94.4 Å². The number of amides is 11. The van der Waals surface area contributed by atoms with Crippen LogP contribution in [0.3, 0.4) is 0 Å². The number of carbonyl (C=O) groups excluding carboxylic acids is 11. The third-order valence-corrected chi connectivity index (χ3v) is 22.7. The number of H-pyrrole nitrogens is 4. The van der Waals surface area contributed by atoms with E-state index in [1.807, 2.05) is 82.3 Å². The van der Waals surface area contributed by atoms with Gasteiger partial charge in [0.25, 0.3) is 0 Å². The van der Waals surface area contributed by atoms with Crippen molar-refractivity contribution in [3.05, 3.63) is 144 Å². The van der Waals surface area contributed by atoms with Gasteiger partial charge in [0.1, 0.15) is 66.5 Å². The number of para-hydroxylation sites is 4. The summed E-state index contributed by atoms with van der Waals surface area (Å²) in [5.41, 5.74) is 33.8. The minimum Gasteiger partial charge on any atom is -0.480 e. The standard InChI is InChI=1S/C90H130N26O13/c1-9-51(8)73(92)84(125)112-68(39-48(2)3)79(120)107-66(34-22-38-101-90(97)98)78(119)110-71(42-54-46-104-62-29-16-12-25-58(54)62)82(123)115-75(50(6)7)86(127)114-70(41-53-45-103-61-28-15-11-24-57(53)61)81(122)111-72(43-55-47-105-63-30-17-13-26-59(55)63)83(124)116-74(49(4)5)85(126)113-69(40-52-44-102-60-27-14-10-23-56(52)60)80(121)108-64(32-20-36-99-88(93)94)76(117)106-65(33-21-37-100-89(95)96)77(118)109-67(87(128)129)31-18-19-35-91/h10-17,23-30,44-51,64-75,102-105H,9,18-22,31-43,91-92H2,1-8H3,(H,106,117)(H,107,120)(H,108,121)(H,109,118)(H,110,119)(H,111,122)(H,112,125)(H,113,126)(H,114,127)(H,115,123)(H,116,124)(H,128,129)(H4,93,94,99)(H4,95,96,100)(H4,97,98,101)/t51-,64-,65-,66-,67-,68-,69-,70-,71-,72-,73-,74-,75-/m0/s1. The van der Waals surface area contributed by atoms with Crippen LogP contribution < -0.4 is 103 Å². The van der Waals surface area contributed by atoms with Crippen LogP contribution in [-0.2, 0) is 83.2 Å². The predicted molar refractivity (Wildman–Crippen MR) is 494 cm³/mol. The molecule has 32 N–H and O–H groups in total. The Morgan fingerprint density at radius 3 is 0.899 bits per heavy atom. The molecule has 8 rings (SSSR count). The molecule has 0 unspecified atom stereocenters. The second-order valence-corrected chi connectivity index (χ2v) is 33.9. The molecular weight excluding hydrogens is 1650 g/mol. The number of unbranched alkanes of at least 4 members (excludes halogenated alkanes) is 1. The summed E-state index contributed by atoms with van der Waals surface area (Å²) in [6, 6.07) is 12.2.